The second-order valence-corrected chi connectivity index (χ2v) is 3.22. The van der Waals surface area contributed by atoms with Gasteiger partial charge in [0.15, 0.2) is 0 Å². The van der Waals surface area contributed by atoms with Gasteiger partial charge in [-0.25, -0.2) is 0 Å². The molecule has 0 aromatic heterocycles. The average molecular weight is 183 g/mol. The minimum Gasteiger partial charge on any atom is -0.390 e. The summed E-state index contributed by atoms with van der Waals surface area (Å²) in [7, 11) is 1.82. The molecule has 0 radical (unpaired) electrons. The largest absolute Gasteiger partial charge is 0.390 e. The van der Waals surface area contributed by atoms with Gasteiger partial charge in [0.05, 0.1) is 6.61 Å². The van der Waals surface area contributed by atoms with Crippen LogP contribution in [-0.4, -0.2) is 18.8 Å². The van der Waals surface area contributed by atoms with E-state index in [2.05, 4.69) is 25.2 Å². The lowest BCUT2D eigenvalue weighted by Crippen LogP contribution is -2.08. The van der Waals surface area contributed by atoms with Crippen LogP contribution in [0.15, 0.2) is 23.4 Å². The summed E-state index contributed by atoms with van der Waals surface area (Å²) in [5.41, 5.74) is 2.22. The highest BCUT2D eigenvalue weighted by Crippen LogP contribution is 2.06. The molecule has 0 rings (SSSR count). The summed E-state index contributed by atoms with van der Waals surface area (Å²) in [6, 6.07) is 0. The fraction of sp³-hybridized carbons (Fsp3) is 0.636. The van der Waals surface area contributed by atoms with E-state index in [1.807, 2.05) is 13.1 Å². The highest BCUT2D eigenvalue weighted by Gasteiger charge is 1.89. The lowest BCUT2D eigenvalue weighted by molar-refractivity contribution is 0.324. The van der Waals surface area contributed by atoms with Crippen molar-refractivity contribution in [1.82, 2.24) is 5.32 Å². The maximum absolute atomic E-state index is 8.85. The summed E-state index contributed by atoms with van der Waals surface area (Å²) in [6.07, 6.45) is 7.62. The summed E-state index contributed by atoms with van der Waals surface area (Å²) in [4.78, 5) is 0. The molecule has 0 bridgehead atoms. The van der Waals surface area contributed by atoms with Crippen LogP contribution >= 0.6 is 0 Å². The van der Waals surface area contributed by atoms with Crippen LogP contribution in [-0.2, 0) is 0 Å². The Kier molecular flexibility index (Phi) is 7.41. The van der Waals surface area contributed by atoms with Crippen LogP contribution in [0.2, 0.25) is 0 Å². The van der Waals surface area contributed by atoms with Crippen molar-refractivity contribution in [2.24, 2.45) is 0 Å². The Balaban J connectivity index is 3.98. The summed E-state index contributed by atoms with van der Waals surface area (Å²) >= 11 is 0. The van der Waals surface area contributed by atoms with Crippen LogP contribution in [0.25, 0.3) is 0 Å². The lowest BCUT2D eigenvalue weighted by atomic mass is 10.1. The molecule has 0 aliphatic carbocycles. The number of unbranched alkanes of at least 4 members (excludes halogenated alkanes) is 1. The topological polar surface area (TPSA) is 32.3 Å². The number of hydrogen-bond acceptors (Lipinski definition) is 2. The van der Waals surface area contributed by atoms with E-state index < -0.39 is 0 Å². The van der Waals surface area contributed by atoms with Gasteiger partial charge in [0.25, 0.3) is 0 Å². The molecule has 2 heteroatoms. The average Bonchev–Trinajstić information content (AvgIpc) is 2.16. The van der Waals surface area contributed by atoms with Gasteiger partial charge in [0.2, 0.25) is 0 Å². The highest BCUT2D eigenvalue weighted by molar-refractivity contribution is 5.15. The molecule has 2 N–H and O–H groups in total. The van der Waals surface area contributed by atoms with Crippen molar-refractivity contribution in [3.8, 4) is 0 Å². The van der Waals surface area contributed by atoms with E-state index in [0.29, 0.717) is 0 Å². The van der Waals surface area contributed by atoms with E-state index in [1.54, 1.807) is 0 Å². The third-order valence-electron chi connectivity index (χ3n) is 1.99. The zero-order chi connectivity index (χ0) is 10.1. The number of hydrogen-bond donors (Lipinski definition) is 2. The molecule has 0 spiro atoms. The molecule has 2 nitrogen and oxygen atoms in total. The van der Waals surface area contributed by atoms with Crippen molar-refractivity contribution in [3.05, 3.63) is 23.4 Å². The fourth-order valence-corrected chi connectivity index (χ4v) is 0.997. The number of allylic oxidation sites excluding steroid dienone is 3. The Bertz CT molecular complexity index is 177. The minimum absolute atomic E-state index is 0.0774. The second-order valence-electron chi connectivity index (χ2n) is 3.22. The van der Waals surface area contributed by atoms with Gasteiger partial charge >= 0.3 is 0 Å². The standard InChI is InChI=1S/C11H21NO/c1-4-5-6-10(2)7-8-11(9-13)12-3/h7-8,12-13H,4-6,9H2,1-3H3/b10-7+,11-8-. The Hall–Kier alpha value is -0.760. The van der Waals surface area contributed by atoms with Crippen molar-refractivity contribution in [2.75, 3.05) is 13.7 Å². The first-order valence-corrected chi connectivity index (χ1v) is 4.89. The van der Waals surface area contributed by atoms with Crippen LogP contribution in [0.3, 0.4) is 0 Å². The molecular weight excluding hydrogens is 162 g/mol. The SMILES string of the molecule is CCCC/C(C)=C/C=C(/CO)NC. The van der Waals surface area contributed by atoms with Crippen molar-refractivity contribution in [3.63, 3.8) is 0 Å². The van der Waals surface area contributed by atoms with Crippen LogP contribution < -0.4 is 5.32 Å². The maximum atomic E-state index is 8.85. The zero-order valence-electron chi connectivity index (χ0n) is 8.93. The molecular formula is C11H21NO. The fourth-order valence-electron chi connectivity index (χ4n) is 0.997. The zero-order valence-corrected chi connectivity index (χ0v) is 8.93. The molecule has 0 aromatic rings. The number of likely N-dealkylation sites (N-methyl/N-ethyl adjacent to an activating group) is 1. The van der Waals surface area contributed by atoms with Crippen molar-refractivity contribution in [2.45, 2.75) is 33.1 Å². The number of aliphatic hydroxyl groups is 1. The molecule has 0 aromatic carbocycles. The van der Waals surface area contributed by atoms with Gasteiger partial charge in [-0.2, -0.15) is 0 Å². The normalized spacial score (nSPS) is 13.2. The summed E-state index contributed by atoms with van der Waals surface area (Å²) in [6.45, 7) is 4.39. The van der Waals surface area contributed by atoms with Gasteiger partial charge in [0, 0.05) is 12.7 Å². The summed E-state index contributed by atoms with van der Waals surface area (Å²) in [5, 5.41) is 11.8. The van der Waals surface area contributed by atoms with Gasteiger partial charge in [-0.1, -0.05) is 25.0 Å². The first kappa shape index (κ1) is 12.2. The predicted octanol–water partition coefficient (Wildman–Crippen LogP) is 2.22. The monoisotopic (exact) mass is 183 g/mol. The van der Waals surface area contributed by atoms with E-state index in [4.69, 9.17) is 5.11 Å². The molecule has 13 heavy (non-hydrogen) atoms. The molecule has 0 atom stereocenters. The van der Waals surface area contributed by atoms with Crippen molar-refractivity contribution >= 4 is 0 Å². The van der Waals surface area contributed by atoms with E-state index >= 15 is 0 Å². The van der Waals surface area contributed by atoms with Crippen LogP contribution in [0.4, 0.5) is 0 Å². The number of aliphatic hydroxyl groups excluding tert-OH is 1. The predicted molar refractivity (Wildman–Crippen MR) is 57.5 cm³/mol. The highest BCUT2D eigenvalue weighted by atomic mass is 16.3. The number of rotatable bonds is 6. The maximum Gasteiger partial charge on any atom is 0.0827 e. The van der Waals surface area contributed by atoms with Crippen molar-refractivity contribution < 1.29 is 5.11 Å². The Labute approximate surface area is 81.4 Å². The van der Waals surface area contributed by atoms with Gasteiger partial charge in [0.1, 0.15) is 0 Å². The lowest BCUT2D eigenvalue weighted by Gasteiger charge is -2.01. The molecule has 0 heterocycles. The van der Waals surface area contributed by atoms with Gasteiger partial charge in [-0.3, -0.25) is 0 Å². The van der Waals surface area contributed by atoms with E-state index in [-0.39, 0.29) is 6.61 Å². The molecule has 0 amide bonds. The Morgan fingerprint density at radius 3 is 2.54 bits per heavy atom. The van der Waals surface area contributed by atoms with E-state index in [1.165, 1.54) is 18.4 Å². The molecule has 0 saturated carbocycles. The minimum atomic E-state index is 0.0774. The molecule has 0 unspecified atom stereocenters. The van der Waals surface area contributed by atoms with Crippen LogP contribution in [0.5, 0.6) is 0 Å². The molecule has 0 aliphatic rings. The van der Waals surface area contributed by atoms with E-state index in [9.17, 15) is 0 Å². The van der Waals surface area contributed by atoms with Crippen LogP contribution in [0.1, 0.15) is 33.1 Å². The van der Waals surface area contributed by atoms with Crippen LogP contribution in [0, 0.1) is 0 Å². The molecule has 0 fully saturated rings. The molecule has 76 valence electrons. The summed E-state index contributed by atoms with van der Waals surface area (Å²) in [5.74, 6) is 0. The van der Waals surface area contributed by atoms with Gasteiger partial charge in [-0.05, 0) is 25.8 Å². The smallest absolute Gasteiger partial charge is 0.0827 e. The first-order chi connectivity index (χ1) is 6.24. The number of nitrogens with one attached hydrogen (secondary N) is 1. The third kappa shape index (κ3) is 6.41. The Morgan fingerprint density at radius 1 is 1.38 bits per heavy atom. The summed E-state index contributed by atoms with van der Waals surface area (Å²) < 4.78 is 0. The van der Waals surface area contributed by atoms with E-state index in [0.717, 1.165) is 12.1 Å². The second kappa shape index (κ2) is 7.87. The third-order valence-corrected chi connectivity index (χ3v) is 1.99. The van der Waals surface area contributed by atoms with Gasteiger partial charge < -0.3 is 10.4 Å². The van der Waals surface area contributed by atoms with Crippen molar-refractivity contribution in [1.29, 1.82) is 0 Å². The first-order valence-electron chi connectivity index (χ1n) is 4.89. The van der Waals surface area contributed by atoms with Gasteiger partial charge in [-0.15, -0.1) is 0 Å². The molecule has 0 aliphatic heterocycles. The Morgan fingerprint density at radius 2 is 2.08 bits per heavy atom. The molecule has 0 saturated heterocycles. The quantitative estimate of drug-likeness (QED) is 0.619.